The summed E-state index contributed by atoms with van der Waals surface area (Å²) in [5, 5.41) is 23.5. The third-order valence-electron chi connectivity index (χ3n) is 11.3. The average molecular weight is 941 g/mol. The zero-order valence-electron chi connectivity index (χ0n) is 41.2. The van der Waals surface area contributed by atoms with Crippen molar-refractivity contribution in [3.05, 3.63) is 0 Å². The van der Waals surface area contributed by atoms with Gasteiger partial charge < -0.3 is 39.8 Å². The Labute approximate surface area is 395 Å². The van der Waals surface area contributed by atoms with E-state index in [2.05, 4.69) is 10.6 Å². The van der Waals surface area contributed by atoms with Crippen molar-refractivity contribution < 1.29 is 67.5 Å². The topological polar surface area (TPSA) is 238 Å². The molecule has 0 aromatic heterocycles. The van der Waals surface area contributed by atoms with Gasteiger partial charge in [0.1, 0.15) is 36.6 Å². The van der Waals surface area contributed by atoms with Crippen LogP contribution in [0.1, 0.15) is 195 Å². The van der Waals surface area contributed by atoms with E-state index in [1.54, 1.807) is 0 Å². The van der Waals surface area contributed by atoms with Crippen LogP contribution in [0.3, 0.4) is 0 Å². The predicted molar refractivity (Wildman–Crippen MR) is 252 cm³/mol. The summed E-state index contributed by atoms with van der Waals surface area (Å²) in [5.41, 5.74) is -0.461. The van der Waals surface area contributed by atoms with Crippen LogP contribution in [-0.4, -0.2) is 123 Å². The molecule has 0 aliphatic heterocycles. The summed E-state index contributed by atoms with van der Waals surface area (Å²) >= 11 is 0. The predicted octanol–water partition coefficient (Wildman–Crippen LogP) is 7.92. The summed E-state index contributed by atoms with van der Waals surface area (Å²) in [4.78, 5) is 95.3. The van der Waals surface area contributed by atoms with Gasteiger partial charge in [-0.05, 0) is 45.4 Å². The molecule has 1 unspecified atom stereocenters. The van der Waals surface area contributed by atoms with Crippen molar-refractivity contribution in [1.82, 2.24) is 10.6 Å². The van der Waals surface area contributed by atoms with Gasteiger partial charge in [0.15, 0.2) is 5.78 Å². The minimum atomic E-state index is -1.16. The average Bonchev–Trinajstić information content (AvgIpc) is 3.25. The van der Waals surface area contributed by atoms with E-state index in [9.17, 15) is 43.5 Å². The van der Waals surface area contributed by atoms with Gasteiger partial charge in [-0.1, -0.05) is 111 Å². The van der Waals surface area contributed by atoms with E-state index < -0.39 is 23.4 Å². The van der Waals surface area contributed by atoms with Crippen molar-refractivity contribution in [2.45, 2.75) is 201 Å². The van der Waals surface area contributed by atoms with Crippen LogP contribution in [0, 0.1) is 11.3 Å². The van der Waals surface area contributed by atoms with E-state index >= 15 is 0 Å². The lowest BCUT2D eigenvalue weighted by Gasteiger charge is -2.20. The number of hydrogen-bond acceptors (Lipinski definition) is 12. The zero-order chi connectivity index (χ0) is 49.3. The number of rotatable bonds is 48. The molecule has 0 radical (unpaired) electrons. The van der Waals surface area contributed by atoms with Crippen molar-refractivity contribution in [2.75, 3.05) is 59.4 Å². The molecule has 0 saturated heterocycles. The highest BCUT2D eigenvalue weighted by atomic mass is 16.5. The summed E-state index contributed by atoms with van der Waals surface area (Å²) < 4.78 is 21.6. The van der Waals surface area contributed by atoms with Gasteiger partial charge in [-0.25, -0.2) is 4.79 Å². The lowest BCUT2D eigenvalue weighted by Crippen LogP contribution is -2.41. The number of hydrogen-bond donors (Lipinski definition) is 4. The number of carboxylic acid groups (broad SMARTS) is 2. The molecule has 0 spiro atoms. The highest BCUT2D eigenvalue weighted by Gasteiger charge is 2.26. The second-order valence-corrected chi connectivity index (χ2v) is 18.5. The first-order valence-corrected chi connectivity index (χ1v) is 24.9. The number of amides is 2. The van der Waals surface area contributed by atoms with Gasteiger partial charge in [-0.15, -0.1) is 0 Å². The van der Waals surface area contributed by atoms with Crippen LogP contribution in [0.4, 0.5) is 0 Å². The van der Waals surface area contributed by atoms with Crippen molar-refractivity contribution >= 4 is 46.9 Å². The molecule has 4 N–H and O–H groups in total. The van der Waals surface area contributed by atoms with Crippen LogP contribution in [0.15, 0.2) is 0 Å². The molecule has 0 saturated carbocycles. The molecule has 2 amide bonds. The summed E-state index contributed by atoms with van der Waals surface area (Å²) in [6.07, 6.45) is 20.0. The second-order valence-electron chi connectivity index (χ2n) is 18.5. The Morgan fingerprint density at radius 3 is 1.52 bits per heavy atom. The number of carboxylic acids is 2. The summed E-state index contributed by atoms with van der Waals surface area (Å²) in [5.74, 6) is -2.75. The first-order valence-electron chi connectivity index (χ1n) is 24.9. The lowest BCUT2D eigenvalue weighted by molar-refractivity contribution is -0.142. The lowest BCUT2D eigenvalue weighted by atomic mass is 9.82. The van der Waals surface area contributed by atoms with Crippen LogP contribution >= 0.6 is 0 Å². The van der Waals surface area contributed by atoms with Crippen molar-refractivity contribution in [1.29, 1.82) is 0 Å². The van der Waals surface area contributed by atoms with E-state index in [0.29, 0.717) is 38.7 Å². The Hall–Kier alpha value is -3.60. The van der Waals surface area contributed by atoms with Gasteiger partial charge in [-0.2, -0.15) is 0 Å². The molecule has 0 fully saturated rings. The Balaban J connectivity index is 3.71. The SMILES string of the molecule is CC(=O)[C@H](CCCCCC(=O)COCCOCCNC(=O)COCCOCCCC(=O)CCC(NC(=O)CCCCCCCCCCCCCCCCC(=O)O)C(=O)O)CC(=O)C(C)(C)C. The molecule has 0 heterocycles. The summed E-state index contributed by atoms with van der Waals surface area (Å²) in [7, 11) is 0. The normalized spacial score (nSPS) is 12.4. The maximum atomic E-state index is 12.4. The smallest absolute Gasteiger partial charge is 0.326 e. The first-order chi connectivity index (χ1) is 31.5. The quantitative estimate of drug-likeness (QED) is 0.0424. The molecule has 66 heavy (non-hydrogen) atoms. The minimum absolute atomic E-state index is 0.000279. The molecule has 16 nitrogen and oxygen atoms in total. The number of aliphatic carboxylic acids is 2. The molecule has 0 aliphatic carbocycles. The maximum absolute atomic E-state index is 12.4. The van der Waals surface area contributed by atoms with E-state index in [0.717, 1.165) is 51.4 Å². The van der Waals surface area contributed by atoms with Crippen LogP contribution in [0.25, 0.3) is 0 Å². The number of ketones is 4. The monoisotopic (exact) mass is 941 g/mol. The van der Waals surface area contributed by atoms with Gasteiger partial charge >= 0.3 is 11.9 Å². The third kappa shape index (κ3) is 40.7. The van der Waals surface area contributed by atoms with E-state index in [-0.39, 0.29) is 132 Å². The van der Waals surface area contributed by atoms with Crippen molar-refractivity contribution in [2.24, 2.45) is 11.3 Å². The van der Waals surface area contributed by atoms with Crippen LogP contribution in [-0.2, 0) is 57.3 Å². The van der Waals surface area contributed by atoms with Crippen molar-refractivity contribution in [3.63, 3.8) is 0 Å². The minimum Gasteiger partial charge on any atom is -0.481 e. The fourth-order valence-electron chi connectivity index (χ4n) is 7.05. The van der Waals surface area contributed by atoms with Gasteiger partial charge in [0.2, 0.25) is 11.8 Å². The highest BCUT2D eigenvalue weighted by molar-refractivity contribution is 5.89. The largest absolute Gasteiger partial charge is 0.481 e. The molecule has 0 aromatic carbocycles. The molecule has 0 aromatic rings. The number of carbonyl (C=O) groups is 8. The fourth-order valence-corrected chi connectivity index (χ4v) is 7.05. The Kier molecular flexibility index (Phi) is 39.3. The third-order valence-corrected chi connectivity index (χ3v) is 11.3. The van der Waals surface area contributed by atoms with E-state index in [4.69, 9.17) is 24.1 Å². The Morgan fingerprint density at radius 2 is 0.970 bits per heavy atom. The molecule has 2 atom stereocenters. The van der Waals surface area contributed by atoms with Crippen LogP contribution in [0.2, 0.25) is 0 Å². The Morgan fingerprint density at radius 1 is 0.485 bits per heavy atom. The summed E-state index contributed by atoms with van der Waals surface area (Å²) in [6, 6.07) is -1.10. The molecular formula is C50H88N2O14. The van der Waals surface area contributed by atoms with E-state index in [1.165, 1.54) is 51.9 Å². The standard InChI is InChI=1S/C50H88N2O14/c1-40(53)41(37-45(56)50(2,3)4)23-18-17-19-24-43(55)38-65-35-34-64-32-30-51-47(58)39-66-36-33-63-31-22-25-42(54)28-29-44(49(61)62)52-46(57)26-20-15-13-11-9-7-5-6-8-10-12-14-16-21-27-48(59)60/h41,44H,5-39H2,1-4H3,(H,51,58)(H,52,57)(H,59,60)(H,61,62)/t41-,44?/m1/s1. The van der Waals surface area contributed by atoms with Gasteiger partial charge in [0.25, 0.3) is 0 Å². The fraction of sp³-hybridized carbons (Fsp3) is 0.840. The first kappa shape index (κ1) is 62.4. The molecule has 382 valence electrons. The number of nitrogens with one attached hydrogen (secondary N) is 2. The number of carbonyl (C=O) groups excluding carboxylic acids is 6. The maximum Gasteiger partial charge on any atom is 0.326 e. The molecule has 0 aliphatic rings. The van der Waals surface area contributed by atoms with Gasteiger partial charge in [0.05, 0.1) is 33.0 Å². The molecular weight excluding hydrogens is 853 g/mol. The summed E-state index contributed by atoms with van der Waals surface area (Å²) in [6.45, 7) is 8.77. The number of ether oxygens (including phenoxy) is 4. The van der Waals surface area contributed by atoms with Gasteiger partial charge in [-0.3, -0.25) is 33.6 Å². The molecule has 0 rings (SSSR count). The molecule has 16 heteroatoms. The zero-order valence-corrected chi connectivity index (χ0v) is 41.2. The van der Waals surface area contributed by atoms with Gasteiger partial charge in [0, 0.05) is 63.0 Å². The number of Topliss-reactive ketones (excluding diaryl/α,β-unsaturated/α-hetero) is 4. The molecule has 0 bridgehead atoms. The van der Waals surface area contributed by atoms with Crippen LogP contribution < -0.4 is 10.6 Å². The Bertz CT molecular complexity index is 1360. The second kappa shape index (κ2) is 41.6. The van der Waals surface area contributed by atoms with E-state index in [1.807, 2.05) is 20.8 Å². The number of unbranched alkanes of at least 4 members (excludes halogenated alkanes) is 15. The highest BCUT2D eigenvalue weighted by Crippen LogP contribution is 2.24. The van der Waals surface area contributed by atoms with Crippen LogP contribution in [0.5, 0.6) is 0 Å². The van der Waals surface area contributed by atoms with Crippen molar-refractivity contribution in [3.8, 4) is 0 Å².